The Balaban J connectivity index is 0.000000308. The monoisotopic (exact) mass is 253 g/mol. The first-order chi connectivity index (χ1) is 8.86. The standard InChI is InChI=1S/C8H10O2.C5H11N.C2H6/c1-9-7-4-3-5-8(6-7)10-2;1-2-4-6-5-3-1;1-2/h3-6H,1-2H3;6H,1-5H2;1-2H3. The summed E-state index contributed by atoms with van der Waals surface area (Å²) >= 11 is 0. The quantitative estimate of drug-likeness (QED) is 0.875. The van der Waals surface area contributed by atoms with Gasteiger partial charge in [-0.2, -0.15) is 0 Å². The maximum Gasteiger partial charge on any atom is 0.122 e. The minimum atomic E-state index is 0.819. The van der Waals surface area contributed by atoms with Crippen LogP contribution in [0.1, 0.15) is 33.1 Å². The largest absolute Gasteiger partial charge is 0.497 e. The molecule has 2 rings (SSSR count). The topological polar surface area (TPSA) is 30.5 Å². The molecule has 0 amide bonds. The summed E-state index contributed by atoms with van der Waals surface area (Å²) in [4.78, 5) is 0. The van der Waals surface area contributed by atoms with Crippen LogP contribution < -0.4 is 14.8 Å². The van der Waals surface area contributed by atoms with E-state index >= 15 is 0 Å². The fraction of sp³-hybridized carbons (Fsp3) is 0.600. The van der Waals surface area contributed by atoms with E-state index in [-0.39, 0.29) is 0 Å². The van der Waals surface area contributed by atoms with Crippen LogP contribution in [0.15, 0.2) is 24.3 Å². The van der Waals surface area contributed by atoms with Crippen LogP contribution in [-0.4, -0.2) is 27.3 Å². The lowest BCUT2D eigenvalue weighted by molar-refractivity contribution is 0.394. The predicted molar refractivity (Wildman–Crippen MR) is 77.6 cm³/mol. The summed E-state index contributed by atoms with van der Waals surface area (Å²) in [5, 5.41) is 3.28. The highest BCUT2D eigenvalue weighted by Crippen LogP contribution is 2.17. The third kappa shape index (κ3) is 7.96. The normalized spacial score (nSPS) is 13.3. The van der Waals surface area contributed by atoms with Crippen LogP contribution in [0.2, 0.25) is 0 Å². The van der Waals surface area contributed by atoms with Crippen LogP contribution in [0.3, 0.4) is 0 Å². The van der Waals surface area contributed by atoms with Gasteiger partial charge in [-0.05, 0) is 38.1 Å². The van der Waals surface area contributed by atoms with Crippen LogP contribution in [0.4, 0.5) is 0 Å². The SMILES string of the molecule is C1CCNCC1.CC.COc1cccc(OC)c1. The number of hydrogen-bond donors (Lipinski definition) is 1. The fourth-order valence-corrected chi connectivity index (χ4v) is 1.53. The third-order valence-corrected chi connectivity index (χ3v) is 2.48. The van der Waals surface area contributed by atoms with E-state index < -0.39 is 0 Å². The lowest BCUT2D eigenvalue weighted by Gasteiger charge is -2.08. The molecule has 0 aromatic heterocycles. The second kappa shape index (κ2) is 12.2. The Morgan fingerprint density at radius 3 is 1.67 bits per heavy atom. The van der Waals surface area contributed by atoms with Gasteiger partial charge in [0.2, 0.25) is 0 Å². The molecule has 1 aromatic rings. The number of rotatable bonds is 2. The van der Waals surface area contributed by atoms with Gasteiger partial charge < -0.3 is 14.8 Å². The van der Waals surface area contributed by atoms with E-state index in [2.05, 4.69) is 5.32 Å². The first-order valence-corrected chi connectivity index (χ1v) is 6.75. The van der Waals surface area contributed by atoms with Gasteiger partial charge in [0.05, 0.1) is 14.2 Å². The molecule has 3 heteroatoms. The van der Waals surface area contributed by atoms with E-state index in [0.29, 0.717) is 0 Å². The minimum absolute atomic E-state index is 0.819. The van der Waals surface area contributed by atoms with Crippen LogP contribution in [-0.2, 0) is 0 Å². The molecule has 0 unspecified atom stereocenters. The van der Waals surface area contributed by atoms with Crippen LogP contribution in [0.25, 0.3) is 0 Å². The zero-order valence-electron chi connectivity index (χ0n) is 12.2. The Labute approximate surface area is 111 Å². The third-order valence-electron chi connectivity index (χ3n) is 2.48. The van der Waals surface area contributed by atoms with Crippen molar-refractivity contribution in [2.24, 2.45) is 0 Å². The number of ether oxygens (including phenoxy) is 2. The molecule has 0 aliphatic carbocycles. The highest BCUT2D eigenvalue weighted by atomic mass is 16.5. The molecule has 1 heterocycles. The first kappa shape index (κ1) is 16.8. The summed E-state index contributed by atoms with van der Waals surface area (Å²) in [6.07, 6.45) is 4.22. The molecule has 1 N–H and O–H groups in total. The van der Waals surface area contributed by atoms with E-state index in [9.17, 15) is 0 Å². The Kier molecular flexibility index (Phi) is 11.4. The van der Waals surface area contributed by atoms with Crippen LogP contribution >= 0.6 is 0 Å². The minimum Gasteiger partial charge on any atom is -0.497 e. The van der Waals surface area contributed by atoms with Crippen molar-refractivity contribution in [1.29, 1.82) is 0 Å². The average Bonchev–Trinajstić information content (AvgIpc) is 2.51. The smallest absolute Gasteiger partial charge is 0.122 e. The molecule has 1 aromatic carbocycles. The van der Waals surface area contributed by atoms with Crippen molar-refractivity contribution in [3.63, 3.8) is 0 Å². The highest BCUT2D eigenvalue weighted by molar-refractivity contribution is 5.32. The zero-order valence-corrected chi connectivity index (χ0v) is 12.2. The van der Waals surface area contributed by atoms with Crippen molar-refractivity contribution in [3.8, 4) is 11.5 Å². The van der Waals surface area contributed by atoms with Gasteiger partial charge in [0.1, 0.15) is 11.5 Å². The van der Waals surface area contributed by atoms with Crippen molar-refractivity contribution < 1.29 is 9.47 Å². The highest BCUT2D eigenvalue weighted by Gasteiger charge is 1.93. The molecule has 0 spiro atoms. The Morgan fingerprint density at radius 2 is 1.39 bits per heavy atom. The first-order valence-electron chi connectivity index (χ1n) is 6.75. The summed E-state index contributed by atoms with van der Waals surface area (Å²) < 4.78 is 9.95. The number of piperidine rings is 1. The maximum atomic E-state index is 4.98. The predicted octanol–water partition coefficient (Wildman–Crippen LogP) is 3.49. The summed E-state index contributed by atoms with van der Waals surface area (Å²) in [5.41, 5.74) is 0. The van der Waals surface area contributed by atoms with Gasteiger partial charge in [0, 0.05) is 6.07 Å². The molecule has 104 valence electrons. The van der Waals surface area contributed by atoms with Gasteiger partial charge in [0.25, 0.3) is 0 Å². The maximum absolute atomic E-state index is 4.98. The van der Waals surface area contributed by atoms with Crippen molar-refractivity contribution >= 4 is 0 Å². The Morgan fingerprint density at radius 1 is 0.889 bits per heavy atom. The molecule has 18 heavy (non-hydrogen) atoms. The fourth-order valence-electron chi connectivity index (χ4n) is 1.53. The Hall–Kier alpha value is -1.22. The van der Waals surface area contributed by atoms with Gasteiger partial charge in [-0.3, -0.25) is 0 Å². The summed E-state index contributed by atoms with van der Waals surface area (Å²) in [5.74, 6) is 1.64. The van der Waals surface area contributed by atoms with E-state index in [1.54, 1.807) is 14.2 Å². The summed E-state index contributed by atoms with van der Waals surface area (Å²) in [7, 11) is 3.27. The van der Waals surface area contributed by atoms with E-state index in [4.69, 9.17) is 9.47 Å². The van der Waals surface area contributed by atoms with Crippen molar-refractivity contribution in [1.82, 2.24) is 5.32 Å². The Bertz CT molecular complexity index is 255. The van der Waals surface area contributed by atoms with Crippen molar-refractivity contribution in [2.75, 3.05) is 27.3 Å². The van der Waals surface area contributed by atoms with E-state index in [0.717, 1.165) is 11.5 Å². The number of methoxy groups -OCH3 is 2. The molecule has 1 saturated heterocycles. The second-order valence-corrected chi connectivity index (χ2v) is 3.69. The number of nitrogens with one attached hydrogen (secondary N) is 1. The molecule has 3 nitrogen and oxygen atoms in total. The zero-order chi connectivity index (χ0) is 13.6. The van der Waals surface area contributed by atoms with Crippen molar-refractivity contribution in [3.05, 3.63) is 24.3 Å². The van der Waals surface area contributed by atoms with Gasteiger partial charge in [-0.1, -0.05) is 26.3 Å². The molecular weight excluding hydrogens is 226 g/mol. The second-order valence-electron chi connectivity index (χ2n) is 3.69. The lowest BCUT2D eigenvalue weighted by Crippen LogP contribution is -2.21. The van der Waals surface area contributed by atoms with E-state index in [1.165, 1.54) is 32.4 Å². The van der Waals surface area contributed by atoms with Gasteiger partial charge in [-0.25, -0.2) is 0 Å². The molecule has 0 bridgehead atoms. The molecule has 1 aliphatic rings. The molecule has 0 radical (unpaired) electrons. The molecule has 0 saturated carbocycles. The summed E-state index contributed by atoms with van der Waals surface area (Å²) in [6, 6.07) is 7.47. The molecular formula is C15H27NO2. The van der Waals surface area contributed by atoms with Gasteiger partial charge in [0.15, 0.2) is 0 Å². The molecule has 1 fully saturated rings. The van der Waals surface area contributed by atoms with E-state index in [1.807, 2.05) is 38.1 Å². The van der Waals surface area contributed by atoms with Gasteiger partial charge in [-0.15, -0.1) is 0 Å². The van der Waals surface area contributed by atoms with Crippen molar-refractivity contribution in [2.45, 2.75) is 33.1 Å². The lowest BCUT2D eigenvalue weighted by atomic mass is 10.2. The van der Waals surface area contributed by atoms with Crippen LogP contribution in [0.5, 0.6) is 11.5 Å². The van der Waals surface area contributed by atoms with Crippen LogP contribution in [0, 0.1) is 0 Å². The van der Waals surface area contributed by atoms with Gasteiger partial charge >= 0.3 is 0 Å². The summed E-state index contributed by atoms with van der Waals surface area (Å²) in [6.45, 7) is 6.50. The molecule has 1 aliphatic heterocycles. The molecule has 0 atom stereocenters. The average molecular weight is 253 g/mol. The number of benzene rings is 1. The number of hydrogen-bond acceptors (Lipinski definition) is 3.